The van der Waals surface area contributed by atoms with Gasteiger partial charge in [0, 0.05) is 16.6 Å². The zero-order valence-corrected chi connectivity index (χ0v) is 11.0. The lowest BCUT2D eigenvalue weighted by atomic mass is 9.83. The summed E-state index contributed by atoms with van der Waals surface area (Å²) in [6, 6.07) is 5.98. The summed E-state index contributed by atoms with van der Waals surface area (Å²) >= 11 is 3.49. The summed E-state index contributed by atoms with van der Waals surface area (Å²) in [6.45, 7) is 1.33. The summed E-state index contributed by atoms with van der Waals surface area (Å²) in [7, 11) is 0. The predicted molar refractivity (Wildman–Crippen MR) is 69.5 cm³/mol. The van der Waals surface area contributed by atoms with Crippen molar-refractivity contribution >= 4 is 15.9 Å². The normalized spacial score (nSPS) is 15.9. The third-order valence-corrected chi connectivity index (χ3v) is 4.03. The number of hydrogen-bond donors (Lipinski definition) is 1. The second-order valence-corrected chi connectivity index (χ2v) is 5.21. The molecular weight excluding hydrogens is 266 g/mol. The van der Waals surface area contributed by atoms with Crippen LogP contribution in [0.1, 0.15) is 31.2 Å². The van der Waals surface area contributed by atoms with E-state index < -0.39 is 0 Å². The van der Waals surface area contributed by atoms with Crippen LogP contribution in [0.2, 0.25) is 0 Å². The molecule has 0 atom stereocenters. The van der Waals surface area contributed by atoms with Crippen LogP contribution in [0.4, 0.5) is 0 Å². The second kappa shape index (κ2) is 5.69. The molecule has 88 valence electrons. The van der Waals surface area contributed by atoms with Gasteiger partial charge in [0.2, 0.25) is 0 Å². The molecule has 1 aromatic carbocycles. The first-order chi connectivity index (χ1) is 7.81. The SMILES string of the molecule is NCc1c(Br)cccc1OCCC1CCC1. The molecule has 0 saturated heterocycles. The Morgan fingerprint density at radius 1 is 1.38 bits per heavy atom. The minimum atomic E-state index is 0.514. The molecule has 0 spiro atoms. The molecule has 0 radical (unpaired) electrons. The molecule has 0 unspecified atom stereocenters. The van der Waals surface area contributed by atoms with Gasteiger partial charge in [0.15, 0.2) is 0 Å². The van der Waals surface area contributed by atoms with Crippen molar-refractivity contribution in [2.75, 3.05) is 6.61 Å². The Balaban J connectivity index is 1.89. The Labute approximate surface area is 105 Å². The average molecular weight is 284 g/mol. The van der Waals surface area contributed by atoms with Crippen molar-refractivity contribution in [2.24, 2.45) is 11.7 Å². The summed E-state index contributed by atoms with van der Waals surface area (Å²) in [5, 5.41) is 0. The van der Waals surface area contributed by atoms with Gasteiger partial charge in [-0.1, -0.05) is 41.3 Å². The monoisotopic (exact) mass is 283 g/mol. The average Bonchev–Trinajstić information content (AvgIpc) is 2.22. The van der Waals surface area contributed by atoms with Gasteiger partial charge in [-0.25, -0.2) is 0 Å². The Kier molecular flexibility index (Phi) is 4.24. The summed E-state index contributed by atoms with van der Waals surface area (Å²) in [4.78, 5) is 0. The molecule has 3 heteroatoms. The quantitative estimate of drug-likeness (QED) is 0.898. The van der Waals surface area contributed by atoms with Crippen LogP contribution >= 0.6 is 15.9 Å². The fourth-order valence-electron chi connectivity index (χ4n) is 1.99. The fourth-order valence-corrected chi connectivity index (χ4v) is 2.50. The van der Waals surface area contributed by atoms with Gasteiger partial charge in [-0.3, -0.25) is 0 Å². The van der Waals surface area contributed by atoms with E-state index in [1.165, 1.54) is 25.7 Å². The maximum absolute atomic E-state index is 5.81. The lowest BCUT2D eigenvalue weighted by Gasteiger charge is -2.25. The van der Waals surface area contributed by atoms with Crippen molar-refractivity contribution in [2.45, 2.75) is 32.2 Å². The van der Waals surface area contributed by atoms with Crippen LogP contribution in [0.5, 0.6) is 5.75 Å². The van der Waals surface area contributed by atoms with Gasteiger partial charge in [-0.15, -0.1) is 0 Å². The number of halogens is 1. The van der Waals surface area contributed by atoms with E-state index in [0.717, 1.165) is 28.3 Å². The molecule has 1 aliphatic carbocycles. The highest BCUT2D eigenvalue weighted by Gasteiger charge is 2.17. The topological polar surface area (TPSA) is 35.2 Å². The van der Waals surface area contributed by atoms with E-state index in [4.69, 9.17) is 10.5 Å². The zero-order valence-electron chi connectivity index (χ0n) is 9.42. The van der Waals surface area contributed by atoms with Crippen LogP contribution in [-0.2, 0) is 6.54 Å². The molecule has 0 bridgehead atoms. The molecular formula is C13H18BrNO. The number of ether oxygens (including phenoxy) is 1. The highest BCUT2D eigenvalue weighted by Crippen LogP contribution is 2.30. The first kappa shape index (κ1) is 11.9. The highest BCUT2D eigenvalue weighted by atomic mass is 79.9. The largest absolute Gasteiger partial charge is 0.493 e. The van der Waals surface area contributed by atoms with Gasteiger partial charge in [0.05, 0.1) is 6.61 Å². The first-order valence-electron chi connectivity index (χ1n) is 5.91. The highest BCUT2D eigenvalue weighted by molar-refractivity contribution is 9.10. The zero-order chi connectivity index (χ0) is 11.4. The molecule has 2 nitrogen and oxygen atoms in total. The van der Waals surface area contributed by atoms with Crippen molar-refractivity contribution < 1.29 is 4.74 Å². The van der Waals surface area contributed by atoms with Crippen LogP contribution in [0.3, 0.4) is 0 Å². The molecule has 1 fully saturated rings. The standard InChI is InChI=1S/C13H18BrNO/c14-12-5-2-6-13(11(12)9-15)16-8-7-10-3-1-4-10/h2,5-6,10H,1,3-4,7-9,15H2. The van der Waals surface area contributed by atoms with Crippen LogP contribution in [0, 0.1) is 5.92 Å². The molecule has 1 saturated carbocycles. The Bertz CT molecular complexity index is 350. The van der Waals surface area contributed by atoms with Crippen molar-refractivity contribution in [3.05, 3.63) is 28.2 Å². The molecule has 2 rings (SSSR count). The van der Waals surface area contributed by atoms with E-state index >= 15 is 0 Å². The summed E-state index contributed by atoms with van der Waals surface area (Å²) in [6.07, 6.45) is 5.34. The lowest BCUT2D eigenvalue weighted by Crippen LogP contribution is -2.15. The maximum Gasteiger partial charge on any atom is 0.124 e. The van der Waals surface area contributed by atoms with Crippen LogP contribution in [-0.4, -0.2) is 6.61 Å². The Hall–Kier alpha value is -0.540. The molecule has 1 aliphatic rings. The number of hydrogen-bond acceptors (Lipinski definition) is 2. The van der Waals surface area contributed by atoms with Crippen molar-refractivity contribution in [3.63, 3.8) is 0 Å². The second-order valence-electron chi connectivity index (χ2n) is 4.35. The minimum absolute atomic E-state index is 0.514. The molecule has 0 aromatic heterocycles. The maximum atomic E-state index is 5.81. The lowest BCUT2D eigenvalue weighted by molar-refractivity contribution is 0.221. The molecule has 2 N–H and O–H groups in total. The number of benzene rings is 1. The van der Waals surface area contributed by atoms with Gasteiger partial charge < -0.3 is 10.5 Å². The van der Waals surface area contributed by atoms with E-state index in [2.05, 4.69) is 15.9 Å². The summed E-state index contributed by atoms with van der Waals surface area (Å²) in [5.41, 5.74) is 6.78. The molecule has 16 heavy (non-hydrogen) atoms. The van der Waals surface area contributed by atoms with Crippen LogP contribution in [0.15, 0.2) is 22.7 Å². The summed E-state index contributed by atoms with van der Waals surface area (Å²) in [5.74, 6) is 1.82. The number of nitrogens with two attached hydrogens (primary N) is 1. The van der Waals surface area contributed by atoms with E-state index in [1.54, 1.807) is 0 Å². The predicted octanol–water partition coefficient (Wildman–Crippen LogP) is 3.48. The molecule has 0 heterocycles. The van der Waals surface area contributed by atoms with E-state index in [-0.39, 0.29) is 0 Å². The number of rotatable bonds is 5. The molecule has 0 aliphatic heterocycles. The molecule has 1 aromatic rings. The van der Waals surface area contributed by atoms with E-state index in [9.17, 15) is 0 Å². The van der Waals surface area contributed by atoms with Gasteiger partial charge in [-0.05, 0) is 24.5 Å². The summed E-state index contributed by atoms with van der Waals surface area (Å²) < 4.78 is 6.84. The van der Waals surface area contributed by atoms with Gasteiger partial charge in [0.25, 0.3) is 0 Å². The van der Waals surface area contributed by atoms with Gasteiger partial charge in [-0.2, -0.15) is 0 Å². The third kappa shape index (κ3) is 2.77. The fraction of sp³-hybridized carbons (Fsp3) is 0.538. The third-order valence-electron chi connectivity index (χ3n) is 3.29. The molecule has 0 amide bonds. The van der Waals surface area contributed by atoms with Gasteiger partial charge in [0.1, 0.15) is 5.75 Å². The first-order valence-corrected chi connectivity index (χ1v) is 6.71. The smallest absolute Gasteiger partial charge is 0.124 e. The van der Waals surface area contributed by atoms with E-state index in [0.29, 0.717) is 6.54 Å². The van der Waals surface area contributed by atoms with Crippen molar-refractivity contribution in [3.8, 4) is 5.75 Å². The van der Waals surface area contributed by atoms with Gasteiger partial charge >= 0.3 is 0 Å². The minimum Gasteiger partial charge on any atom is -0.493 e. The Morgan fingerprint density at radius 2 is 2.19 bits per heavy atom. The Morgan fingerprint density at radius 3 is 2.81 bits per heavy atom. The van der Waals surface area contributed by atoms with Crippen molar-refractivity contribution in [1.29, 1.82) is 0 Å². The van der Waals surface area contributed by atoms with Crippen molar-refractivity contribution in [1.82, 2.24) is 0 Å². The van der Waals surface area contributed by atoms with Crippen LogP contribution in [0.25, 0.3) is 0 Å². The van der Waals surface area contributed by atoms with Crippen LogP contribution < -0.4 is 10.5 Å². The van der Waals surface area contributed by atoms with E-state index in [1.807, 2.05) is 18.2 Å².